The number of aliphatic carboxylic acids is 2. The van der Waals surface area contributed by atoms with E-state index < -0.39 is 17.9 Å². The van der Waals surface area contributed by atoms with Crippen molar-refractivity contribution in [2.24, 2.45) is 5.92 Å². The van der Waals surface area contributed by atoms with Crippen LogP contribution >= 0.6 is 0 Å². The number of hydrogen-bond acceptors (Lipinski definition) is 2. The normalized spacial score (nSPS) is 8.22. The molecule has 0 aliphatic rings. The molecule has 0 amide bonds. The summed E-state index contributed by atoms with van der Waals surface area (Å²) in [6.07, 6.45) is 0. The van der Waals surface area contributed by atoms with Gasteiger partial charge in [0.25, 0.3) is 0 Å². The van der Waals surface area contributed by atoms with Crippen molar-refractivity contribution in [1.29, 1.82) is 0 Å². The second kappa shape index (κ2) is 4.55. The molecule has 0 spiro atoms. The molecule has 0 fully saturated rings. The van der Waals surface area contributed by atoms with Crippen molar-refractivity contribution >= 4 is 11.9 Å². The predicted molar refractivity (Wildman–Crippen MR) is 24.4 cm³/mol. The quantitative estimate of drug-likeness (QED) is 0.504. The molecule has 0 aromatic heterocycles. The third-order valence-electron chi connectivity index (χ3n) is 0.741. The predicted octanol–water partition coefficient (Wildman–Crippen LogP) is -0.211. The summed E-state index contributed by atoms with van der Waals surface area (Å²) in [5, 5.41) is 15.9. The molecule has 0 rings (SSSR count). The average molecular weight is 226 g/mol. The molecule has 2 N–H and O–H groups in total. The molecular formula is C4H6AgO4. The number of hydrogen-bond donors (Lipinski definition) is 2. The van der Waals surface area contributed by atoms with Gasteiger partial charge in [-0.15, -0.1) is 0 Å². The maximum absolute atomic E-state index is 9.76. The fourth-order valence-electron chi connectivity index (χ4n) is 0.106. The van der Waals surface area contributed by atoms with Crippen LogP contribution in [-0.4, -0.2) is 22.2 Å². The number of rotatable bonds is 2. The zero-order valence-corrected chi connectivity index (χ0v) is 6.07. The summed E-state index contributed by atoms with van der Waals surface area (Å²) >= 11 is 0. The van der Waals surface area contributed by atoms with E-state index >= 15 is 0 Å². The Balaban J connectivity index is 0. The van der Waals surface area contributed by atoms with Gasteiger partial charge in [-0.05, 0) is 6.92 Å². The van der Waals surface area contributed by atoms with Gasteiger partial charge in [0.2, 0.25) is 0 Å². The third kappa shape index (κ3) is 4.20. The van der Waals surface area contributed by atoms with Gasteiger partial charge in [0.1, 0.15) is 0 Å². The Morgan fingerprint density at radius 3 is 1.44 bits per heavy atom. The molecule has 0 aliphatic heterocycles. The molecule has 0 aromatic rings. The standard InChI is InChI=1S/C4H6O4.Ag/c1-2(3(5)6)4(7)8;/h2H,1H3,(H,5,6)(H,7,8);. The van der Waals surface area contributed by atoms with Gasteiger partial charge in [-0.1, -0.05) is 0 Å². The zero-order chi connectivity index (χ0) is 6.73. The van der Waals surface area contributed by atoms with E-state index in [2.05, 4.69) is 0 Å². The number of carboxylic acid groups (broad SMARTS) is 2. The molecule has 0 heterocycles. The van der Waals surface area contributed by atoms with E-state index in [4.69, 9.17) is 10.2 Å². The molecule has 4 nitrogen and oxygen atoms in total. The molecule has 0 saturated heterocycles. The van der Waals surface area contributed by atoms with Gasteiger partial charge in [-0.3, -0.25) is 9.59 Å². The van der Waals surface area contributed by atoms with Gasteiger partial charge in [0, 0.05) is 22.4 Å². The SMILES string of the molecule is CC(C(=O)O)C(=O)O.[Ag]. The molecule has 0 aromatic carbocycles. The van der Waals surface area contributed by atoms with Gasteiger partial charge < -0.3 is 10.2 Å². The Morgan fingerprint density at radius 1 is 1.22 bits per heavy atom. The minimum atomic E-state index is -1.31. The minimum absolute atomic E-state index is 0. The average Bonchev–Trinajstić information content (AvgIpc) is 1.64. The van der Waals surface area contributed by atoms with E-state index in [-0.39, 0.29) is 22.4 Å². The first-order chi connectivity index (χ1) is 3.55. The summed E-state index contributed by atoms with van der Waals surface area (Å²) in [6.45, 7) is 1.12. The smallest absolute Gasteiger partial charge is 0.317 e. The fourth-order valence-corrected chi connectivity index (χ4v) is 0.106. The molecule has 57 valence electrons. The van der Waals surface area contributed by atoms with Gasteiger partial charge in [-0.2, -0.15) is 0 Å². The monoisotopic (exact) mass is 225 g/mol. The van der Waals surface area contributed by atoms with E-state index in [1.54, 1.807) is 0 Å². The maximum Gasteiger partial charge on any atom is 0.317 e. The van der Waals surface area contributed by atoms with Crippen LogP contribution in [0.1, 0.15) is 6.92 Å². The van der Waals surface area contributed by atoms with Crippen LogP contribution in [0.25, 0.3) is 0 Å². The minimum Gasteiger partial charge on any atom is -0.481 e. The van der Waals surface area contributed by atoms with E-state index in [0.29, 0.717) is 0 Å². The first-order valence-corrected chi connectivity index (χ1v) is 2.01. The van der Waals surface area contributed by atoms with Crippen LogP contribution in [0, 0.1) is 5.92 Å². The van der Waals surface area contributed by atoms with Gasteiger partial charge in [0.15, 0.2) is 5.92 Å². The van der Waals surface area contributed by atoms with Gasteiger partial charge in [0.05, 0.1) is 0 Å². The Morgan fingerprint density at radius 2 is 1.44 bits per heavy atom. The van der Waals surface area contributed by atoms with Gasteiger partial charge >= 0.3 is 11.9 Å². The molecule has 5 heteroatoms. The summed E-state index contributed by atoms with van der Waals surface area (Å²) in [5.74, 6) is -3.91. The van der Waals surface area contributed by atoms with Crippen LogP contribution in [0.15, 0.2) is 0 Å². The fraction of sp³-hybridized carbons (Fsp3) is 0.500. The summed E-state index contributed by atoms with van der Waals surface area (Å²) < 4.78 is 0. The molecule has 9 heavy (non-hydrogen) atoms. The Hall–Kier alpha value is -0.320. The maximum atomic E-state index is 9.76. The molecular weight excluding hydrogens is 220 g/mol. The van der Waals surface area contributed by atoms with Crippen LogP contribution in [0.3, 0.4) is 0 Å². The van der Waals surface area contributed by atoms with E-state index in [1.165, 1.54) is 0 Å². The summed E-state index contributed by atoms with van der Waals surface area (Å²) in [6, 6.07) is 0. The molecule has 0 saturated carbocycles. The summed E-state index contributed by atoms with van der Waals surface area (Å²) in [4.78, 5) is 19.5. The molecule has 1 radical (unpaired) electrons. The largest absolute Gasteiger partial charge is 0.481 e. The Labute approximate surface area is 67.4 Å². The molecule has 0 atom stereocenters. The van der Waals surface area contributed by atoms with Crippen molar-refractivity contribution in [1.82, 2.24) is 0 Å². The van der Waals surface area contributed by atoms with Crippen LogP contribution in [0.2, 0.25) is 0 Å². The Kier molecular flexibility index (Phi) is 5.80. The number of carboxylic acids is 2. The van der Waals surface area contributed by atoms with Crippen LogP contribution in [0.4, 0.5) is 0 Å². The van der Waals surface area contributed by atoms with Crippen molar-refractivity contribution in [2.45, 2.75) is 6.92 Å². The van der Waals surface area contributed by atoms with E-state index in [9.17, 15) is 9.59 Å². The van der Waals surface area contributed by atoms with Gasteiger partial charge in [-0.25, -0.2) is 0 Å². The van der Waals surface area contributed by atoms with Crippen molar-refractivity contribution in [3.63, 3.8) is 0 Å². The van der Waals surface area contributed by atoms with Crippen molar-refractivity contribution in [2.75, 3.05) is 0 Å². The first kappa shape index (κ1) is 11.5. The van der Waals surface area contributed by atoms with Crippen LogP contribution in [-0.2, 0) is 32.0 Å². The van der Waals surface area contributed by atoms with Crippen LogP contribution in [0.5, 0.6) is 0 Å². The van der Waals surface area contributed by atoms with Crippen molar-refractivity contribution in [3.8, 4) is 0 Å². The van der Waals surface area contributed by atoms with E-state index in [1.807, 2.05) is 0 Å². The van der Waals surface area contributed by atoms with E-state index in [0.717, 1.165) is 6.92 Å². The van der Waals surface area contributed by atoms with Crippen LogP contribution < -0.4 is 0 Å². The summed E-state index contributed by atoms with van der Waals surface area (Å²) in [5.41, 5.74) is 0. The third-order valence-corrected chi connectivity index (χ3v) is 0.741. The first-order valence-electron chi connectivity index (χ1n) is 2.01. The second-order valence-electron chi connectivity index (χ2n) is 1.40. The summed E-state index contributed by atoms with van der Waals surface area (Å²) in [7, 11) is 0. The molecule has 0 unspecified atom stereocenters. The zero-order valence-electron chi connectivity index (χ0n) is 4.59. The number of carbonyl (C=O) groups is 2. The topological polar surface area (TPSA) is 74.6 Å². The van der Waals surface area contributed by atoms with Crippen molar-refractivity contribution in [3.05, 3.63) is 0 Å². The second-order valence-corrected chi connectivity index (χ2v) is 1.40. The Bertz CT molecular complexity index is 108. The molecule has 0 bridgehead atoms. The van der Waals surface area contributed by atoms with Crippen molar-refractivity contribution < 1.29 is 42.2 Å². The molecule has 0 aliphatic carbocycles.